The van der Waals surface area contributed by atoms with Gasteiger partial charge in [0.2, 0.25) is 0 Å². The smallest absolute Gasteiger partial charge is 0.295 e. The van der Waals surface area contributed by atoms with Gasteiger partial charge in [-0.15, -0.1) is 0 Å². The van der Waals surface area contributed by atoms with E-state index in [2.05, 4.69) is 18.8 Å². The third-order valence-corrected chi connectivity index (χ3v) is 5.61. The van der Waals surface area contributed by atoms with E-state index in [4.69, 9.17) is 4.74 Å². The van der Waals surface area contributed by atoms with Crippen LogP contribution in [0, 0.1) is 0 Å². The number of nitrogens with zero attached hydrogens (tertiary/aromatic N) is 2. The summed E-state index contributed by atoms with van der Waals surface area (Å²) in [6.45, 7) is 7.20. The lowest BCUT2D eigenvalue weighted by Gasteiger charge is -2.26. The Bertz CT molecular complexity index is 938. The van der Waals surface area contributed by atoms with Gasteiger partial charge in [-0.05, 0) is 43.7 Å². The summed E-state index contributed by atoms with van der Waals surface area (Å²) in [4.78, 5) is 32.9. The number of aliphatic hydroxyl groups is 1. The molecule has 7 heteroatoms. The Kier molecular flexibility index (Phi) is 6.84. The van der Waals surface area contributed by atoms with Crippen molar-refractivity contribution >= 4 is 17.4 Å². The first-order valence-electron chi connectivity index (χ1n) is 10.2. The first-order chi connectivity index (χ1) is 14.5. The van der Waals surface area contributed by atoms with Crippen molar-refractivity contribution < 1.29 is 24.3 Å². The number of likely N-dealkylation sites (N-methyl/N-ethyl adjacent to an activating group) is 1. The van der Waals surface area contributed by atoms with Gasteiger partial charge in [-0.2, -0.15) is 0 Å². The van der Waals surface area contributed by atoms with Crippen LogP contribution in [0.4, 0.5) is 0 Å². The zero-order chi connectivity index (χ0) is 21.7. The average molecular weight is 410 g/mol. The fraction of sp³-hybridized carbons (Fsp3) is 0.348. The molecule has 2 N–H and O–H groups in total. The van der Waals surface area contributed by atoms with Gasteiger partial charge in [-0.25, -0.2) is 0 Å². The second-order valence-corrected chi connectivity index (χ2v) is 7.21. The SMILES string of the molecule is CC[NH+](CC)CCN1C(=O)C(=O)C(=C(O)c2cccc(OC)c2)[C@H]1c1ccncc1. The number of hydrogen-bond acceptors (Lipinski definition) is 5. The van der Waals surface area contributed by atoms with Crippen LogP contribution in [-0.2, 0) is 9.59 Å². The molecule has 30 heavy (non-hydrogen) atoms. The Morgan fingerprint density at radius 2 is 1.87 bits per heavy atom. The third-order valence-electron chi connectivity index (χ3n) is 5.61. The number of rotatable bonds is 8. The molecule has 0 aliphatic carbocycles. The third kappa shape index (κ3) is 4.21. The molecule has 1 aromatic heterocycles. The molecule has 0 unspecified atom stereocenters. The maximum atomic E-state index is 13.0. The number of likely N-dealkylation sites (tertiary alicyclic amines) is 1. The summed E-state index contributed by atoms with van der Waals surface area (Å²) in [5.41, 5.74) is 1.26. The van der Waals surface area contributed by atoms with E-state index in [1.165, 1.54) is 12.0 Å². The van der Waals surface area contributed by atoms with Gasteiger partial charge < -0.3 is 19.6 Å². The zero-order valence-electron chi connectivity index (χ0n) is 17.6. The quantitative estimate of drug-likeness (QED) is 0.391. The first kappa shape index (κ1) is 21.5. The van der Waals surface area contributed by atoms with Gasteiger partial charge in [0.05, 0.1) is 44.9 Å². The normalized spacial score (nSPS) is 18.3. The molecule has 0 bridgehead atoms. The van der Waals surface area contributed by atoms with Gasteiger partial charge in [0.25, 0.3) is 11.7 Å². The highest BCUT2D eigenvalue weighted by Gasteiger charge is 2.46. The maximum absolute atomic E-state index is 13.0. The highest BCUT2D eigenvalue weighted by Crippen LogP contribution is 2.39. The lowest BCUT2D eigenvalue weighted by molar-refractivity contribution is -0.895. The van der Waals surface area contributed by atoms with Gasteiger partial charge in [-0.1, -0.05) is 12.1 Å². The molecule has 158 valence electrons. The Labute approximate surface area is 176 Å². The van der Waals surface area contributed by atoms with Crippen molar-refractivity contribution in [3.63, 3.8) is 0 Å². The number of ketones is 1. The number of carbonyl (C=O) groups excluding carboxylic acids is 2. The van der Waals surface area contributed by atoms with Crippen LogP contribution in [0.2, 0.25) is 0 Å². The number of aliphatic hydroxyl groups excluding tert-OH is 1. The van der Waals surface area contributed by atoms with E-state index in [-0.39, 0.29) is 11.3 Å². The van der Waals surface area contributed by atoms with Crippen molar-refractivity contribution in [3.8, 4) is 5.75 Å². The first-order valence-corrected chi connectivity index (χ1v) is 10.2. The van der Waals surface area contributed by atoms with E-state index in [0.717, 1.165) is 25.2 Å². The number of methoxy groups -OCH3 is 1. The molecule has 1 aliphatic heterocycles. The molecule has 2 heterocycles. The Balaban J connectivity index is 2.08. The van der Waals surface area contributed by atoms with E-state index in [1.807, 2.05) is 0 Å². The zero-order valence-corrected chi connectivity index (χ0v) is 17.6. The highest BCUT2D eigenvalue weighted by atomic mass is 16.5. The van der Waals surface area contributed by atoms with Crippen molar-refractivity contribution in [1.29, 1.82) is 0 Å². The minimum Gasteiger partial charge on any atom is -0.507 e. The van der Waals surface area contributed by atoms with Crippen molar-refractivity contribution in [2.24, 2.45) is 0 Å². The van der Waals surface area contributed by atoms with Crippen LogP contribution in [0.1, 0.15) is 31.0 Å². The fourth-order valence-corrected chi connectivity index (χ4v) is 3.81. The lowest BCUT2D eigenvalue weighted by atomic mass is 9.96. The molecule has 1 aromatic carbocycles. The van der Waals surface area contributed by atoms with Crippen molar-refractivity contribution in [3.05, 3.63) is 65.5 Å². The molecule has 0 spiro atoms. The van der Waals surface area contributed by atoms with E-state index >= 15 is 0 Å². The molecule has 7 nitrogen and oxygen atoms in total. The second kappa shape index (κ2) is 9.54. The van der Waals surface area contributed by atoms with E-state index in [1.54, 1.807) is 53.7 Å². The number of aromatic nitrogens is 1. The van der Waals surface area contributed by atoms with Crippen molar-refractivity contribution in [2.45, 2.75) is 19.9 Å². The van der Waals surface area contributed by atoms with Crippen LogP contribution < -0.4 is 9.64 Å². The van der Waals surface area contributed by atoms with Crippen LogP contribution in [0.25, 0.3) is 5.76 Å². The summed E-state index contributed by atoms with van der Waals surface area (Å²) in [6, 6.07) is 9.70. The molecule has 1 saturated heterocycles. The molecule has 1 atom stereocenters. The van der Waals surface area contributed by atoms with Crippen LogP contribution in [-0.4, -0.2) is 60.0 Å². The van der Waals surface area contributed by atoms with Crippen LogP contribution in [0.5, 0.6) is 5.75 Å². The summed E-state index contributed by atoms with van der Waals surface area (Å²) in [5, 5.41) is 11.1. The number of hydrogen-bond donors (Lipinski definition) is 2. The standard InChI is InChI=1S/C23H27N3O4/c1-4-25(5-2)13-14-26-20(16-9-11-24-12-10-16)19(22(28)23(26)29)21(27)17-7-6-8-18(15-17)30-3/h6-12,15,20,27H,4-5,13-14H2,1-3H3/p+1/t20-/m1/s1. The van der Waals surface area contributed by atoms with Crippen LogP contribution >= 0.6 is 0 Å². The van der Waals surface area contributed by atoms with E-state index in [0.29, 0.717) is 17.9 Å². The van der Waals surface area contributed by atoms with Gasteiger partial charge in [0, 0.05) is 18.0 Å². The Morgan fingerprint density at radius 3 is 2.50 bits per heavy atom. The predicted octanol–water partition coefficient (Wildman–Crippen LogP) is 1.44. The summed E-state index contributed by atoms with van der Waals surface area (Å²) < 4.78 is 5.23. The molecular weight excluding hydrogens is 382 g/mol. The number of amides is 1. The van der Waals surface area contributed by atoms with Crippen LogP contribution in [0.3, 0.4) is 0 Å². The van der Waals surface area contributed by atoms with Gasteiger partial charge in [-0.3, -0.25) is 14.6 Å². The molecule has 1 fully saturated rings. The average Bonchev–Trinajstić information content (AvgIpc) is 3.04. The van der Waals surface area contributed by atoms with Gasteiger partial charge >= 0.3 is 0 Å². The lowest BCUT2D eigenvalue weighted by Crippen LogP contribution is -3.12. The van der Waals surface area contributed by atoms with Gasteiger partial charge in [0.15, 0.2) is 0 Å². The van der Waals surface area contributed by atoms with E-state index in [9.17, 15) is 14.7 Å². The molecule has 0 saturated carbocycles. The largest absolute Gasteiger partial charge is 0.507 e. The minimum atomic E-state index is -0.674. The summed E-state index contributed by atoms with van der Waals surface area (Å²) >= 11 is 0. The monoisotopic (exact) mass is 410 g/mol. The summed E-state index contributed by atoms with van der Waals surface area (Å²) in [7, 11) is 1.53. The Hall–Kier alpha value is -3.19. The highest BCUT2D eigenvalue weighted by molar-refractivity contribution is 6.46. The van der Waals surface area contributed by atoms with Crippen molar-refractivity contribution in [1.82, 2.24) is 9.88 Å². The van der Waals surface area contributed by atoms with Gasteiger partial charge in [0.1, 0.15) is 11.5 Å². The molecule has 2 aromatic rings. The number of pyridine rings is 1. The number of nitrogens with one attached hydrogen (secondary N) is 1. The molecule has 1 aliphatic rings. The van der Waals surface area contributed by atoms with Crippen LogP contribution in [0.15, 0.2) is 54.4 Å². The number of carbonyl (C=O) groups is 2. The number of benzene rings is 1. The second-order valence-electron chi connectivity index (χ2n) is 7.21. The molecule has 3 rings (SSSR count). The topological polar surface area (TPSA) is 84.2 Å². The summed E-state index contributed by atoms with van der Waals surface area (Å²) in [5.74, 6) is -0.912. The molecule has 1 amide bonds. The fourth-order valence-electron chi connectivity index (χ4n) is 3.81. The van der Waals surface area contributed by atoms with Crippen molar-refractivity contribution in [2.75, 3.05) is 33.3 Å². The number of quaternary nitrogens is 1. The Morgan fingerprint density at radius 1 is 1.17 bits per heavy atom. The minimum absolute atomic E-state index is 0.0917. The number of Topliss-reactive ketones (excluding diaryl/α,β-unsaturated/α-hetero) is 1. The summed E-state index contributed by atoms with van der Waals surface area (Å²) in [6.07, 6.45) is 3.24. The number of ether oxygens (including phenoxy) is 1. The van der Waals surface area contributed by atoms with E-state index < -0.39 is 17.7 Å². The molecule has 0 radical (unpaired) electrons. The maximum Gasteiger partial charge on any atom is 0.295 e. The predicted molar refractivity (Wildman–Crippen MR) is 113 cm³/mol. The molecular formula is C23H28N3O4+.